The smallest absolute Gasteiger partial charge is 0.339 e. The minimum absolute atomic E-state index is 0.101. The summed E-state index contributed by atoms with van der Waals surface area (Å²) in [6, 6.07) is 5.32. The number of carbonyl (C=O) groups excluding carboxylic acids is 2. The molecular formula is C27H34N2O6. The molecule has 1 aliphatic heterocycles. The van der Waals surface area contributed by atoms with Crippen LogP contribution in [0, 0.1) is 5.92 Å². The number of fused-ring (bicyclic) bond motifs is 4. The van der Waals surface area contributed by atoms with Crippen molar-refractivity contribution in [2.75, 3.05) is 19.6 Å². The van der Waals surface area contributed by atoms with E-state index < -0.39 is 17.6 Å². The topological polar surface area (TPSA) is 109 Å². The Morgan fingerprint density at radius 1 is 1.20 bits per heavy atom. The molecule has 8 heteroatoms. The second-order valence-electron chi connectivity index (χ2n) is 10.3. The summed E-state index contributed by atoms with van der Waals surface area (Å²) < 4.78 is 11.3. The van der Waals surface area contributed by atoms with Crippen LogP contribution in [0.3, 0.4) is 0 Å². The number of likely N-dealkylation sites (tertiary alicyclic amines) is 1. The Balaban J connectivity index is 1.17. The van der Waals surface area contributed by atoms with Gasteiger partial charge in [-0.25, -0.2) is 4.79 Å². The standard InChI is InChI=1S/C27H34N2O6/c1-17(25(31)28-15-24(30)29-13-12-27(33)11-5-4-6-18(27)16-29)34-19-9-10-21-20-7-2-3-8-22(20)26(32)35-23(21)14-19/h9-10,14,17-18,33H,2-8,11-13,15-16H2,1H3,(H,28,31)/t17-,18+,27-/m1/s1. The van der Waals surface area contributed by atoms with Gasteiger partial charge in [0.05, 0.1) is 12.1 Å². The minimum atomic E-state index is -0.825. The van der Waals surface area contributed by atoms with E-state index in [4.69, 9.17) is 9.15 Å². The third-order valence-electron chi connectivity index (χ3n) is 8.07. The van der Waals surface area contributed by atoms with E-state index in [0.29, 0.717) is 30.8 Å². The van der Waals surface area contributed by atoms with Gasteiger partial charge in [0, 0.05) is 36.0 Å². The van der Waals surface area contributed by atoms with Gasteiger partial charge >= 0.3 is 5.63 Å². The van der Waals surface area contributed by atoms with E-state index in [1.165, 1.54) is 0 Å². The van der Waals surface area contributed by atoms with Gasteiger partial charge < -0.3 is 24.5 Å². The van der Waals surface area contributed by atoms with Gasteiger partial charge in [-0.3, -0.25) is 9.59 Å². The molecule has 0 unspecified atom stereocenters. The fourth-order valence-electron chi connectivity index (χ4n) is 5.97. The lowest BCUT2D eigenvalue weighted by Crippen LogP contribution is -2.56. The summed E-state index contributed by atoms with van der Waals surface area (Å²) in [6.07, 6.45) is 7.31. The van der Waals surface area contributed by atoms with Gasteiger partial charge in [-0.15, -0.1) is 0 Å². The number of aliphatic hydroxyl groups is 1. The largest absolute Gasteiger partial charge is 0.481 e. The van der Waals surface area contributed by atoms with Crippen molar-refractivity contribution in [1.29, 1.82) is 0 Å². The Morgan fingerprint density at radius 2 is 2.00 bits per heavy atom. The van der Waals surface area contributed by atoms with Crippen molar-refractivity contribution in [2.24, 2.45) is 5.92 Å². The zero-order valence-corrected chi connectivity index (χ0v) is 20.3. The van der Waals surface area contributed by atoms with Crippen LogP contribution in [-0.2, 0) is 22.4 Å². The van der Waals surface area contributed by atoms with Crippen molar-refractivity contribution in [2.45, 2.75) is 76.4 Å². The number of carbonyl (C=O) groups is 2. The third kappa shape index (κ3) is 4.81. The molecule has 3 atom stereocenters. The first kappa shape index (κ1) is 23.9. The van der Waals surface area contributed by atoms with E-state index in [9.17, 15) is 19.5 Å². The Kier molecular flexibility index (Phi) is 6.57. The maximum Gasteiger partial charge on any atom is 0.339 e. The van der Waals surface area contributed by atoms with Crippen LogP contribution in [0.15, 0.2) is 27.4 Å². The molecule has 2 N–H and O–H groups in total. The first-order valence-electron chi connectivity index (χ1n) is 12.9. The number of benzene rings is 1. The molecule has 2 fully saturated rings. The zero-order valence-electron chi connectivity index (χ0n) is 20.3. The SMILES string of the molecule is C[C@@H](Oc1ccc2c3c(c(=O)oc2c1)CCCC3)C(=O)NCC(=O)N1CC[C@]2(O)CCCC[C@H]2C1. The molecule has 1 saturated carbocycles. The third-order valence-corrected chi connectivity index (χ3v) is 8.07. The molecule has 35 heavy (non-hydrogen) atoms. The van der Waals surface area contributed by atoms with Crippen molar-refractivity contribution in [3.8, 4) is 5.75 Å². The molecule has 2 amide bonds. The average Bonchev–Trinajstić information content (AvgIpc) is 2.86. The highest BCUT2D eigenvalue weighted by Crippen LogP contribution is 2.39. The summed E-state index contributed by atoms with van der Waals surface area (Å²) in [4.78, 5) is 39.4. The highest BCUT2D eigenvalue weighted by Gasteiger charge is 2.43. The maximum absolute atomic E-state index is 12.7. The van der Waals surface area contributed by atoms with E-state index in [1.807, 2.05) is 6.07 Å². The summed E-state index contributed by atoms with van der Waals surface area (Å²) in [7, 11) is 0. The van der Waals surface area contributed by atoms with Gasteiger partial charge in [-0.05, 0) is 69.6 Å². The fraction of sp³-hybridized carbons (Fsp3) is 0.593. The molecule has 2 heterocycles. The van der Waals surface area contributed by atoms with E-state index in [-0.39, 0.29) is 24.0 Å². The highest BCUT2D eigenvalue weighted by atomic mass is 16.5. The van der Waals surface area contributed by atoms with Crippen molar-refractivity contribution >= 4 is 22.8 Å². The van der Waals surface area contributed by atoms with Crippen LogP contribution >= 0.6 is 0 Å². The molecule has 188 valence electrons. The zero-order chi connectivity index (χ0) is 24.6. The van der Waals surface area contributed by atoms with E-state index in [1.54, 1.807) is 24.0 Å². The second-order valence-corrected chi connectivity index (χ2v) is 10.3. The molecule has 8 nitrogen and oxygen atoms in total. The number of hydrogen-bond acceptors (Lipinski definition) is 6. The molecule has 1 saturated heterocycles. The number of nitrogens with zero attached hydrogens (tertiary/aromatic N) is 1. The quantitative estimate of drug-likeness (QED) is 0.635. The summed E-state index contributed by atoms with van der Waals surface area (Å²) >= 11 is 0. The Labute approximate surface area is 204 Å². The molecule has 1 aromatic carbocycles. The van der Waals surface area contributed by atoms with Gasteiger partial charge in [0.1, 0.15) is 11.3 Å². The lowest BCUT2D eigenvalue weighted by Gasteiger charge is -2.47. The maximum atomic E-state index is 12.7. The van der Waals surface area contributed by atoms with Crippen molar-refractivity contribution in [3.63, 3.8) is 0 Å². The van der Waals surface area contributed by atoms with Gasteiger partial charge in [-0.1, -0.05) is 12.8 Å². The summed E-state index contributed by atoms with van der Waals surface area (Å²) in [5, 5.41) is 14.4. The molecule has 0 radical (unpaired) electrons. The van der Waals surface area contributed by atoms with E-state index in [0.717, 1.165) is 67.9 Å². The number of piperidine rings is 1. The van der Waals surface area contributed by atoms with E-state index >= 15 is 0 Å². The summed E-state index contributed by atoms with van der Waals surface area (Å²) in [5.41, 5.74) is 1.36. The van der Waals surface area contributed by atoms with Gasteiger partial charge in [0.2, 0.25) is 5.91 Å². The van der Waals surface area contributed by atoms with Gasteiger partial charge in [-0.2, -0.15) is 0 Å². The minimum Gasteiger partial charge on any atom is -0.481 e. The molecule has 1 aromatic heterocycles. The number of nitrogens with one attached hydrogen (secondary N) is 1. The molecule has 5 rings (SSSR count). The summed E-state index contributed by atoms with van der Waals surface area (Å²) in [5.74, 6) is 0.00965. The second kappa shape index (κ2) is 9.64. The molecular weight excluding hydrogens is 448 g/mol. The fourth-order valence-corrected chi connectivity index (χ4v) is 5.97. The lowest BCUT2D eigenvalue weighted by molar-refractivity contribution is -0.144. The molecule has 3 aliphatic rings. The molecule has 2 aromatic rings. The predicted octanol–water partition coefficient (Wildman–Crippen LogP) is 2.71. The van der Waals surface area contributed by atoms with Gasteiger partial charge in [0.15, 0.2) is 6.10 Å². The molecule has 0 bridgehead atoms. The number of aryl methyl sites for hydroxylation is 1. The van der Waals surface area contributed by atoms with Crippen LogP contribution in [-0.4, -0.2) is 53.2 Å². The van der Waals surface area contributed by atoms with Gasteiger partial charge in [0.25, 0.3) is 5.91 Å². The average molecular weight is 483 g/mol. The molecule has 0 spiro atoms. The number of hydrogen-bond donors (Lipinski definition) is 2. The number of amides is 2. The number of ether oxygens (including phenoxy) is 1. The van der Waals surface area contributed by atoms with Crippen LogP contribution in [0.2, 0.25) is 0 Å². The van der Waals surface area contributed by atoms with Crippen LogP contribution in [0.5, 0.6) is 5.75 Å². The number of rotatable bonds is 5. The predicted molar refractivity (Wildman–Crippen MR) is 130 cm³/mol. The van der Waals surface area contributed by atoms with Crippen molar-refractivity contribution in [3.05, 3.63) is 39.7 Å². The molecule has 2 aliphatic carbocycles. The first-order chi connectivity index (χ1) is 16.8. The van der Waals surface area contributed by atoms with Crippen LogP contribution in [0.25, 0.3) is 11.0 Å². The Hall–Kier alpha value is -2.87. The van der Waals surface area contributed by atoms with Crippen LogP contribution in [0.4, 0.5) is 0 Å². The highest BCUT2D eigenvalue weighted by molar-refractivity contribution is 5.87. The van der Waals surface area contributed by atoms with Crippen molar-refractivity contribution in [1.82, 2.24) is 10.2 Å². The normalized spacial score (nSPS) is 24.9. The lowest BCUT2D eigenvalue weighted by atomic mass is 9.71. The van der Waals surface area contributed by atoms with Crippen molar-refractivity contribution < 1.29 is 23.8 Å². The van der Waals surface area contributed by atoms with Crippen LogP contribution < -0.4 is 15.7 Å². The summed E-state index contributed by atoms with van der Waals surface area (Å²) in [6.45, 7) is 2.58. The van der Waals surface area contributed by atoms with Crippen LogP contribution in [0.1, 0.15) is 63.0 Å². The Bertz CT molecular complexity index is 1190. The first-order valence-corrected chi connectivity index (χ1v) is 12.9. The monoisotopic (exact) mass is 482 g/mol. The van der Waals surface area contributed by atoms with E-state index in [2.05, 4.69) is 5.32 Å². The Morgan fingerprint density at radius 3 is 2.83 bits per heavy atom.